The third-order valence-corrected chi connectivity index (χ3v) is 3.34. The standard InChI is InChI=1S/C11H23NO2/c1-5-10(6-2)7-12-8-11(9-12,13-3)14-4/h10H,5-9H2,1-4H3. The molecule has 0 atom stereocenters. The zero-order valence-electron chi connectivity index (χ0n) is 9.88. The van der Waals surface area contributed by atoms with Crippen LogP contribution in [0.4, 0.5) is 0 Å². The van der Waals surface area contributed by atoms with Gasteiger partial charge < -0.3 is 9.47 Å². The SMILES string of the molecule is CCC(CC)CN1CC(OC)(OC)C1. The lowest BCUT2D eigenvalue weighted by atomic mass is 9.99. The Labute approximate surface area is 87.4 Å². The van der Waals surface area contributed by atoms with Crippen LogP contribution in [0, 0.1) is 5.92 Å². The molecule has 1 fully saturated rings. The fraction of sp³-hybridized carbons (Fsp3) is 1.00. The van der Waals surface area contributed by atoms with Gasteiger partial charge in [0.25, 0.3) is 0 Å². The third kappa shape index (κ3) is 2.47. The van der Waals surface area contributed by atoms with Crippen LogP contribution in [0.3, 0.4) is 0 Å². The fourth-order valence-electron chi connectivity index (χ4n) is 2.02. The maximum absolute atomic E-state index is 5.34. The average molecular weight is 201 g/mol. The smallest absolute Gasteiger partial charge is 0.193 e. The zero-order valence-corrected chi connectivity index (χ0v) is 9.88. The Morgan fingerprint density at radius 1 is 1.14 bits per heavy atom. The van der Waals surface area contributed by atoms with Crippen molar-refractivity contribution in [3.8, 4) is 0 Å². The van der Waals surface area contributed by atoms with Crippen LogP contribution >= 0.6 is 0 Å². The van der Waals surface area contributed by atoms with E-state index in [2.05, 4.69) is 18.7 Å². The first-order valence-corrected chi connectivity index (χ1v) is 5.52. The Kier molecular flexibility index (Phi) is 4.35. The van der Waals surface area contributed by atoms with Gasteiger partial charge in [0.2, 0.25) is 0 Å². The lowest BCUT2D eigenvalue weighted by Crippen LogP contribution is -2.64. The van der Waals surface area contributed by atoms with Crippen LogP contribution in [0.5, 0.6) is 0 Å². The predicted molar refractivity (Wildman–Crippen MR) is 57.3 cm³/mol. The van der Waals surface area contributed by atoms with Crippen LogP contribution in [0.25, 0.3) is 0 Å². The molecule has 0 aromatic rings. The number of ether oxygens (including phenoxy) is 2. The van der Waals surface area contributed by atoms with E-state index >= 15 is 0 Å². The second-order valence-electron chi connectivity index (χ2n) is 4.17. The molecule has 0 saturated carbocycles. The molecule has 0 amide bonds. The second kappa shape index (κ2) is 5.10. The molecule has 1 rings (SSSR count). The largest absolute Gasteiger partial charge is 0.351 e. The molecule has 1 aliphatic heterocycles. The third-order valence-electron chi connectivity index (χ3n) is 3.34. The van der Waals surface area contributed by atoms with Crippen molar-refractivity contribution in [1.29, 1.82) is 0 Å². The summed E-state index contributed by atoms with van der Waals surface area (Å²) in [5.41, 5.74) is 0. The van der Waals surface area contributed by atoms with E-state index in [0.29, 0.717) is 0 Å². The second-order valence-corrected chi connectivity index (χ2v) is 4.17. The minimum absolute atomic E-state index is 0.313. The summed E-state index contributed by atoms with van der Waals surface area (Å²) in [6.07, 6.45) is 2.53. The minimum atomic E-state index is -0.313. The highest BCUT2D eigenvalue weighted by Gasteiger charge is 2.43. The van der Waals surface area contributed by atoms with Crippen molar-refractivity contribution in [2.24, 2.45) is 5.92 Å². The number of likely N-dealkylation sites (tertiary alicyclic amines) is 1. The highest BCUT2D eigenvalue weighted by atomic mass is 16.7. The first-order valence-electron chi connectivity index (χ1n) is 5.52. The van der Waals surface area contributed by atoms with E-state index in [1.807, 2.05) is 0 Å². The van der Waals surface area contributed by atoms with E-state index in [4.69, 9.17) is 9.47 Å². The van der Waals surface area contributed by atoms with Gasteiger partial charge in [-0.3, -0.25) is 4.90 Å². The molecule has 3 nitrogen and oxygen atoms in total. The van der Waals surface area contributed by atoms with Crippen molar-refractivity contribution in [3.63, 3.8) is 0 Å². The van der Waals surface area contributed by atoms with Gasteiger partial charge in [-0.05, 0) is 5.92 Å². The van der Waals surface area contributed by atoms with Crippen molar-refractivity contribution < 1.29 is 9.47 Å². The van der Waals surface area contributed by atoms with Gasteiger partial charge in [-0.1, -0.05) is 26.7 Å². The van der Waals surface area contributed by atoms with Gasteiger partial charge in [0.1, 0.15) is 0 Å². The molecule has 0 spiro atoms. The van der Waals surface area contributed by atoms with Gasteiger partial charge in [0.15, 0.2) is 5.79 Å². The number of nitrogens with zero attached hydrogens (tertiary/aromatic N) is 1. The van der Waals surface area contributed by atoms with E-state index in [0.717, 1.165) is 19.0 Å². The van der Waals surface area contributed by atoms with Crippen molar-refractivity contribution in [1.82, 2.24) is 4.90 Å². The molecule has 0 aromatic carbocycles. The van der Waals surface area contributed by atoms with Crippen molar-refractivity contribution in [2.75, 3.05) is 33.9 Å². The molecule has 0 aliphatic carbocycles. The van der Waals surface area contributed by atoms with Crippen LogP contribution in [-0.4, -0.2) is 44.5 Å². The van der Waals surface area contributed by atoms with Crippen molar-refractivity contribution in [3.05, 3.63) is 0 Å². The monoisotopic (exact) mass is 201 g/mol. The summed E-state index contributed by atoms with van der Waals surface area (Å²) in [4.78, 5) is 2.41. The lowest BCUT2D eigenvalue weighted by Gasteiger charge is -2.48. The molecule has 0 radical (unpaired) electrons. The number of rotatable bonds is 6. The van der Waals surface area contributed by atoms with E-state index in [9.17, 15) is 0 Å². The molecule has 3 heteroatoms. The molecule has 14 heavy (non-hydrogen) atoms. The van der Waals surface area contributed by atoms with Gasteiger partial charge in [-0.25, -0.2) is 0 Å². The summed E-state index contributed by atoms with van der Waals surface area (Å²) < 4.78 is 10.7. The Balaban J connectivity index is 2.26. The molecule has 0 unspecified atom stereocenters. The number of hydrogen-bond acceptors (Lipinski definition) is 3. The van der Waals surface area contributed by atoms with Gasteiger partial charge in [0.05, 0.1) is 13.1 Å². The molecule has 84 valence electrons. The fourth-order valence-corrected chi connectivity index (χ4v) is 2.02. The number of hydrogen-bond donors (Lipinski definition) is 0. The first-order chi connectivity index (χ1) is 6.69. The normalized spacial score (nSPS) is 21.2. The summed E-state index contributed by atoms with van der Waals surface area (Å²) in [5, 5.41) is 0. The summed E-state index contributed by atoms with van der Waals surface area (Å²) in [7, 11) is 3.44. The maximum Gasteiger partial charge on any atom is 0.193 e. The molecule has 1 heterocycles. The van der Waals surface area contributed by atoms with Gasteiger partial charge in [0, 0.05) is 20.8 Å². The Morgan fingerprint density at radius 3 is 2.00 bits per heavy atom. The highest BCUT2D eigenvalue weighted by molar-refractivity contribution is 4.89. The Hall–Kier alpha value is -0.120. The molecule has 0 aromatic heterocycles. The minimum Gasteiger partial charge on any atom is -0.351 e. The van der Waals surface area contributed by atoms with Crippen LogP contribution in [0.2, 0.25) is 0 Å². The van der Waals surface area contributed by atoms with Crippen molar-refractivity contribution in [2.45, 2.75) is 32.5 Å². The first kappa shape index (κ1) is 12.0. The van der Waals surface area contributed by atoms with Crippen LogP contribution in [-0.2, 0) is 9.47 Å². The lowest BCUT2D eigenvalue weighted by molar-refractivity contribution is -0.276. The summed E-state index contributed by atoms with van der Waals surface area (Å²) >= 11 is 0. The molecule has 1 saturated heterocycles. The predicted octanol–water partition coefficient (Wildman–Crippen LogP) is 1.73. The molecule has 0 bridgehead atoms. The van der Waals surface area contributed by atoms with Crippen LogP contribution in [0.15, 0.2) is 0 Å². The Bertz CT molecular complexity index is 154. The molecular formula is C11H23NO2. The van der Waals surface area contributed by atoms with E-state index in [-0.39, 0.29) is 5.79 Å². The summed E-state index contributed by atoms with van der Waals surface area (Å²) in [6, 6.07) is 0. The van der Waals surface area contributed by atoms with E-state index in [1.54, 1.807) is 14.2 Å². The maximum atomic E-state index is 5.34. The van der Waals surface area contributed by atoms with Gasteiger partial charge in [-0.2, -0.15) is 0 Å². The summed E-state index contributed by atoms with van der Waals surface area (Å²) in [5.74, 6) is 0.508. The number of methoxy groups -OCH3 is 2. The Morgan fingerprint density at radius 2 is 1.64 bits per heavy atom. The van der Waals surface area contributed by atoms with Gasteiger partial charge >= 0.3 is 0 Å². The van der Waals surface area contributed by atoms with Crippen molar-refractivity contribution >= 4 is 0 Å². The van der Waals surface area contributed by atoms with E-state index in [1.165, 1.54) is 19.4 Å². The quantitative estimate of drug-likeness (QED) is 0.611. The highest BCUT2D eigenvalue weighted by Crippen LogP contribution is 2.26. The topological polar surface area (TPSA) is 21.7 Å². The summed E-state index contributed by atoms with van der Waals surface area (Å²) in [6.45, 7) is 7.52. The average Bonchev–Trinajstić information content (AvgIpc) is 2.17. The van der Waals surface area contributed by atoms with E-state index < -0.39 is 0 Å². The van der Waals surface area contributed by atoms with Gasteiger partial charge in [-0.15, -0.1) is 0 Å². The molecular weight excluding hydrogens is 178 g/mol. The van der Waals surface area contributed by atoms with Crippen LogP contribution < -0.4 is 0 Å². The molecule has 1 aliphatic rings. The molecule has 0 N–H and O–H groups in total. The van der Waals surface area contributed by atoms with Crippen LogP contribution in [0.1, 0.15) is 26.7 Å². The zero-order chi connectivity index (χ0) is 10.6.